The molecule has 1 aromatic rings. The lowest BCUT2D eigenvalue weighted by Gasteiger charge is -2.37. The number of nitrogens with zero attached hydrogens (tertiary/aromatic N) is 4. The van der Waals surface area contributed by atoms with Crippen LogP contribution in [0.3, 0.4) is 0 Å². The number of aryl methyl sites for hydroxylation is 2. The van der Waals surface area contributed by atoms with Gasteiger partial charge >= 0.3 is 0 Å². The fourth-order valence-electron chi connectivity index (χ4n) is 4.44. The lowest BCUT2D eigenvalue weighted by atomic mass is 10.1. The predicted molar refractivity (Wildman–Crippen MR) is 97.4 cm³/mol. The van der Waals surface area contributed by atoms with Gasteiger partial charge < -0.3 is 15.1 Å². The van der Waals surface area contributed by atoms with E-state index in [1.807, 2.05) is 4.90 Å². The Hall–Kier alpha value is -1.89. The number of amides is 2. The van der Waals surface area contributed by atoms with Gasteiger partial charge in [0.05, 0.1) is 17.9 Å². The highest BCUT2D eigenvalue weighted by molar-refractivity contribution is 5.86. The minimum absolute atomic E-state index is 0.0748. The first kappa shape index (κ1) is 17.5. The lowest BCUT2D eigenvalue weighted by Crippen LogP contribution is -2.54. The Morgan fingerprint density at radius 3 is 2.85 bits per heavy atom. The van der Waals surface area contributed by atoms with Gasteiger partial charge in [-0.2, -0.15) is 5.10 Å². The second-order valence-electron chi connectivity index (χ2n) is 7.72. The van der Waals surface area contributed by atoms with Crippen molar-refractivity contribution in [2.75, 3.05) is 26.2 Å². The number of carbonyl (C=O) groups is 2. The van der Waals surface area contributed by atoms with Crippen molar-refractivity contribution in [2.24, 2.45) is 0 Å². The summed E-state index contributed by atoms with van der Waals surface area (Å²) < 4.78 is 2.06. The highest BCUT2D eigenvalue weighted by atomic mass is 16.2. The number of nitrogens with one attached hydrogen (secondary N) is 1. The molecule has 4 rings (SSSR count). The zero-order chi connectivity index (χ0) is 17.9. The van der Waals surface area contributed by atoms with Crippen LogP contribution < -0.4 is 5.32 Å². The molecule has 0 radical (unpaired) electrons. The van der Waals surface area contributed by atoms with E-state index < -0.39 is 0 Å². The molecule has 142 valence electrons. The fraction of sp³-hybridized carbons (Fsp3) is 0.737. The van der Waals surface area contributed by atoms with Crippen LogP contribution in [0.2, 0.25) is 0 Å². The summed E-state index contributed by atoms with van der Waals surface area (Å²) in [6, 6.07) is 2.52. The summed E-state index contributed by atoms with van der Waals surface area (Å²) in [7, 11) is 0. The molecule has 2 aliphatic heterocycles. The Morgan fingerprint density at radius 1 is 1.19 bits per heavy atom. The number of piperazine rings is 1. The number of hydrogen-bond acceptors (Lipinski definition) is 4. The van der Waals surface area contributed by atoms with Gasteiger partial charge in [0.2, 0.25) is 11.8 Å². The van der Waals surface area contributed by atoms with E-state index in [-0.39, 0.29) is 18.4 Å². The molecule has 0 unspecified atom stereocenters. The molecule has 1 saturated carbocycles. The summed E-state index contributed by atoms with van der Waals surface area (Å²) in [5, 5.41) is 8.03. The van der Waals surface area contributed by atoms with Gasteiger partial charge in [-0.3, -0.25) is 14.3 Å². The van der Waals surface area contributed by atoms with Gasteiger partial charge in [0.25, 0.3) is 0 Å². The van der Waals surface area contributed by atoms with Crippen LogP contribution >= 0.6 is 0 Å². The number of hydrogen-bond donors (Lipinski definition) is 1. The molecule has 1 N–H and O–H groups in total. The standard InChI is InChI=1S/C19H29N5O2/c25-18(7-6-15-12-17-13-20-8-3-9-24(17)21-15)22-10-11-23(19(26)14-22)16-4-1-2-5-16/h12,16,20H,1-11,13-14H2. The van der Waals surface area contributed by atoms with Crippen LogP contribution in [0.15, 0.2) is 6.07 Å². The van der Waals surface area contributed by atoms with Crippen molar-refractivity contribution in [2.45, 2.75) is 64.1 Å². The van der Waals surface area contributed by atoms with Crippen LogP contribution in [0.25, 0.3) is 0 Å². The summed E-state index contributed by atoms with van der Waals surface area (Å²) in [6.45, 7) is 4.42. The number of fused-ring (bicyclic) bond motifs is 1. The summed E-state index contributed by atoms with van der Waals surface area (Å²) in [4.78, 5) is 28.7. The summed E-state index contributed by atoms with van der Waals surface area (Å²) in [5.41, 5.74) is 2.18. The molecule has 1 aliphatic carbocycles. The average molecular weight is 359 g/mol. The zero-order valence-corrected chi connectivity index (χ0v) is 15.5. The number of rotatable bonds is 4. The first-order valence-electron chi connectivity index (χ1n) is 10.0. The Morgan fingerprint density at radius 2 is 2.04 bits per heavy atom. The highest BCUT2D eigenvalue weighted by Crippen LogP contribution is 2.25. The van der Waals surface area contributed by atoms with Gasteiger partial charge in [-0.1, -0.05) is 12.8 Å². The zero-order valence-electron chi connectivity index (χ0n) is 15.5. The molecule has 0 bridgehead atoms. The topological polar surface area (TPSA) is 70.5 Å². The van der Waals surface area contributed by atoms with E-state index in [1.165, 1.54) is 18.5 Å². The maximum atomic E-state index is 12.6. The quantitative estimate of drug-likeness (QED) is 0.868. The summed E-state index contributed by atoms with van der Waals surface area (Å²) >= 11 is 0. The summed E-state index contributed by atoms with van der Waals surface area (Å²) in [6.07, 6.45) is 6.86. The minimum atomic E-state index is 0.0748. The van der Waals surface area contributed by atoms with Crippen LogP contribution in [-0.4, -0.2) is 63.6 Å². The predicted octanol–water partition coefficient (Wildman–Crippen LogP) is 0.922. The molecule has 7 nitrogen and oxygen atoms in total. The van der Waals surface area contributed by atoms with Crippen molar-refractivity contribution in [1.29, 1.82) is 0 Å². The molecular formula is C19H29N5O2. The van der Waals surface area contributed by atoms with Crippen molar-refractivity contribution < 1.29 is 9.59 Å². The number of aromatic nitrogens is 2. The molecular weight excluding hydrogens is 330 g/mol. The SMILES string of the molecule is O=C(CCc1cc2n(n1)CCCNC2)N1CCN(C2CCCC2)C(=O)C1. The van der Waals surface area contributed by atoms with Gasteiger partial charge in [0.1, 0.15) is 0 Å². The molecule has 3 aliphatic rings. The maximum Gasteiger partial charge on any atom is 0.242 e. The van der Waals surface area contributed by atoms with Crippen LogP contribution in [0.5, 0.6) is 0 Å². The third-order valence-electron chi connectivity index (χ3n) is 5.91. The fourth-order valence-corrected chi connectivity index (χ4v) is 4.44. The monoisotopic (exact) mass is 359 g/mol. The van der Waals surface area contributed by atoms with E-state index in [0.29, 0.717) is 32.0 Å². The lowest BCUT2D eigenvalue weighted by molar-refractivity contribution is -0.147. The maximum absolute atomic E-state index is 12.6. The average Bonchev–Trinajstić information content (AvgIpc) is 3.25. The van der Waals surface area contributed by atoms with Crippen molar-refractivity contribution >= 4 is 11.8 Å². The third-order valence-corrected chi connectivity index (χ3v) is 5.91. The Bertz CT molecular complexity index is 641. The first-order chi connectivity index (χ1) is 12.7. The van der Waals surface area contributed by atoms with Gasteiger partial charge in [-0.25, -0.2) is 0 Å². The van der Waals surface area contributed by atoms with Crippen LogP contribution in [-0.2, 0) is 29.1 Å². The van der Waals surface area contributed by atoms with E-state index in [9.17, 15) is 9.59 Å². The molecule has 1 saturated heterocycles. The van der Waals surface area contributed by atoms with E-state index in [2.05, 4.69) is 21.2 Å². The van der Waals surface area contributed by atoms with Crippen molar-refractivity contribution in [3.05, 3.63) is 17.5 Å². The third kappa shape index (κ3) is 3.77. The molecule has 26 heavy (non-hydrogen) atoms. The van der Waals surface area contributed by atoms with E-state index in [4.69, 9.17) is 0 Å². The minimum Gasteiger partial charge on any atom is -0.336 e. The van der Waals surface area contributed by atoms with E-state index >= 15 is 0 Å². The Kier molecular flexibility index (Phi) is 5.24. The van der Waals surface area contributed by atoms with Gasteiger partial charge in [0, 0.05) is 45.1 Å². The number of carbonyl (C=O) groups excluding carboxylic acids is 2. The van der Waals surface area contributed by atoms with Crippen molar-refractivity contribution in [3.63, 3.8) is 0 Å². The first-order valence-corrected chi connectivity index (χ1v) is 10.0. The molecule has 7 heteroatoms. The van der Waals surface area contributed by atoms with Crippen LogP contribution in [0.1, 0.15) is 49.9 Å². The normalized spacial score (nSPS) is 21.8. The smallest absolute Gasteiger partial charge is 0.242 e. The Balaban J connectivity index is 1.28. The largest absolute Gasteiger partial charge is 0.336 e. The Labute approximate surface area is 154 Å². The second kappa shape index (κ2) is 7.78. The van der Waals surface area contributed by atoms with Crippen molar-refractivity contribution in [3.8, 4) is 0 Å². The van der Waals surface area contributed by atoms with Gasteiger partial charge in [-0.05, 0) is 31.9 Å². The molecule has 0 aromatic carbocycles. The van der Waals surface area contributed by atoms with Crippen molar-refractivity contribution in [1.82, 2.24) is 24.9 Å². The molecule has 0 atom stereocenters. The van der Waals surface area contributed by atoms with E-state index in [1.54, 1.807) is 4.90 Å². The van der Waals surface area contributed by atoms with E-state index in [0.717, 1.165) is 44.6 Å². The van der Waals surface area contributed by atoms with Crippen LogP contribution in [0.4, 0.5) is 0 Å². The molecule has 1 aromatic heterocycles. The molecule has 3 heterocycles. The van der Waals surface area contributed by atoms with Gasteiger partial charge in [0.15, 0.2) is 0 Å². The molecule has 0 spiro atoms. The molecule has 2 fully saturated rings. The second-order valence-corrected chi connectivity index (χ2v) is 7.72. The molecule has 2 amide bonds. The van der Waals surface area contributed by atoms with Crippen LogP contribution in [0, 0.1) is 0 Å². The summed E-state index contributed by atoms with van der Waals surface area (Å²) in [5.74, 6) is 0.196. The highest BCUT2D eigenvalue weighted by Gasteiger charge is 2.32. The van der Waals surface area contributed by atoms with Gasteiger partial charge in [-0.15, -0.1) is 0 Å².